The van der Waals surface area contributed by atoms with E-state index in [-0.39, 0.29) is 27.5 Å². The zero-order chi connectivity index (χ0) is 51.8. The Kier molecular flexibility index (Phi) is 9.87. The summed E-state index contributed by atoms with van der Waals surface area (Å²) in [6, 6.07) is 72.1. The van der Waals surface area contributed by atoms with Gasteiger partial charge in [0.25, 0.3) is 17.7 Å². The number of anilines is 8. The molecule has 8 heteroatoms. The van der Waals surface area contributed by atoms with Crippen molar-refractivity contribution in [3.63, 3.8) is 0 Å². The monoisotopic (exact) mass is 986 g/mol. The SMILES string of the molecule is CC1(C)c2ccccc2N(c2ccc(-c3cc4c5c(c(-c6ccc(N7c8ccccc8C(C)(C)c8ccccc87)cc6)cc6c5c3C(=O)N(c3ccccc3)C6=O)C(O)N(c3ccccc3)C4=O)cc2)c2ccccc21. The van der Waals surface area contributed by atoms with Gasteiger partial charge in [0.05, 0.1) is 34.0 Å². The van der Waals surface area contributed by atoms with Crippen molar-refractivity contribution >= 4 is 74.0 Å². The van der Waals surface area contributed by atoms with E-state index in [0.29, 0.717) is 44.4 Å². The summed E-state index contributed by atoms with van der Waals surface area (Å²) in [4.78, 5) is 53.5. The molecule has 10 aromatic rings. The zero-order valence-electron chi connectivity index (χ0n) is 42.3. The van der Waals surface area contributed by atoms with Crippen molar-refractivity contribution in [1.29, 1.82) is 0 Å². The Balaban J connectivity index is 0.986. The standard InChI is InChI=1S/C68H50N4O4/c1-67(2)51-23-11-15-27-55(51)69(56-28-16-12-24-52(56)67)45-35-31-41(32-36-45)47-39-49-60-59-50(64(74)71(65(75)61(47)59)43-19-7-5-8-20-43)40-48(62(60)66(76)72(63(49)73)44-21-9-6-10-22-44)42-33-37-46(38-34-42)70-57-29-17-13-25-53(57)68(3,4)54-26-14-18-30-58(54)70/h5-40,65,75H,1-4H3. The average Bonchev–Trinajstić information content (AvgIpc) is 3.52. The second kappa shape index (κ2) is 16.6. The van der Waals surface area contributed by atoms with Crippen LogP contribution in [0.4, 0.5) is 45.5 Å². The fraction of sp³-hybridized carbons (Fsp3) is 0.103. The Morgan fingerprint density at radius 3 is 1.18 bits per heavy atom. The summed E-state index contributed by atoms with van der Waals surface area (Å²) < 4.78 is 0. The number of benzene rings is 10. The first kappa shape index (κ1) is 45.3. The van der Waals surface area contributed by atoms with Crippen LogP contribution in [0.3, 0.4) is 0 Å². The van der Waals surface area contributed by atoms with Crippen molar-refractivity contribution < 1.29 is 19.5 Å². The predicted molar refractivity (Wildman–Crippen MR) is 304 cm³/mol. The van der Waals surface area contributed by atoms with Crippen LogP contribution in [0.1, 0.15) is 92.8 Å². The summed E-state index contributed by atoms with van der Waals surface area (Å²) in [6.45, 7) is 9.05. The Bertz CT molecular complexity index is 3990. The molecule has 10 aromatic carbocycles. The molecule has 4 heterocycles. The highest BCUT2D eigenvalue weighted by Crippen LogP contribution is 2.55. The molecule has 1 unspecified atom stereocenters. The van der Waals surface area contributed by atoms with E-state index in [1.165, 1.54) is 32.1 Å². The molecule has 8 nitrogen and oxygen atoms in total. The van der Waals surface area contributed by atoms with Gasteiger partial charge in [0.1, 0.15) is 0 Å². The van der Waals surface area contributed by atoms with Gasteiger partial charge >= 0.3 is 0 Å². The van der Waals surface area contributed by atoms with Crippen LogP contribution in [-0.2, 0) is 10.8 Å². The van der Waals surface area contributed by atoms with Gasteiger partial charge in [-0.1, -0.05) is 161 Å². The maximum atomic E-state index is 15.5. The minimum Gasteiger partial charge on any atom is -0.369 e. The third-order valence-corrected chi connectivity index (χ3v) is 16.4. The van der Waals surface area contributed by atoms with Gasteiger partial charge in [-0.05, 0) is 129 Å². The van der Waals surface area contributed by atoms with E-state index in [0.717, 1.165) is 39.7 Å². The lowest BCUT2D eigenvalue weighted by Crippen LogP contribution is -2.43. The summed E-state index contributed by atoms with van der Waals surface area (Å²) >= 11 is 0. The minimum atomic E-state index is -1.48. The molecule has 1 N–H and O–H groups in total. The lowest BCUT2D eigenvalue weighted by molar-refractivity contribution is 0.0867. The molecule has 3 amide bonds. The van der Waals surface area contributed by atoms with Crippen LogP contribution in [0.2, 0.25) is 0 Å². The van der Waals surface area contributed by atoms with Gasteiger partial charge in [-0.2, -0.15) is 0 Å². The first-order valence-corrected chi connectivity index (χ1v) is 25.8. The van der Waals surface area contributed by atoms with Crippen molar-refractivity contribution in [1.82, 2.24) is 0 Å². The van der Waals surface area contributed by atoms with E-state index < -0.39 is 23.9 Å². The van der Waals surface area contributed by atoms with Gasteiger partial charge in [-0.3, -0.25) is 19.3 Å². The second-order valence-corrected chi connectivity index (χ2v) is 21.2. The summed E-state index contributed by atoms with van der Waals surface area (Å²) in [5.41, 5.74) is 15.2. The number of fused-ring (bicyclic) bond motifs is 4. The van der Waals surface area contributed by atoms with E-state index in [1.54, 1.807) is 18.2 Å². The maximum absolute atomic E-state index is 15.5. The van der Waals surface area contributed by atoms with Crippen LogP contribution in [-0.4, -0.2) is 22.8 Å². The molecule has 1 atom stereocenters. The largest absolute Gasteiger partial charge is 0.369 e. The maximum Gasteiger partial charge on any atom is 0.266 e. The lowest BCUT2D eigenvalue weighted by Gasteiger charge is -2.42. The zero-order valence-corrected chi connectivity index (χ0v) is 42.3. The van der Waals surface area contributed by atoms with Gasteiger partial charge in [0.15, 0.2) is 6.23 Å². The molecule has 0 spiro atoms. The number of amides is 3. The Morgan fingerprint density at radius 2 is 0.724 bits per heavy atom. The van der Waals surface area contributed by atoms with Crippen LogP contribution in [0.15, 0.2) is 218 Å². The fourth-order valence-corrected chi connectivity index (χ4v) is 12.8. The Labute approximate surface area is 441 Å². The van der Waals surface area contributed by atoms with Gasteiger partial charge in [-0.15, -0.1) is 0 Å². The predicted octanol–water partition coefficient (Wildman–Crippen LogP) is 15.8. The molecule has 0 saturated heterocycles. The van der Waals surface area contributed by atoms with Crippen molar-refractivity contribution in [2.75, 3.05) is 19.6 Å². The smallest absolute Gasteiger partial charge is 0.266 e. The molecular formula is C68H50N4O4. The summed E-state index contributed by atoms with van der Waals surface area (Å²) in [7, 11) is 0. The quantitative estimate of drug-likeness (QED) is 0.167. The second-order valence-electron chi connectivity index (χ2n) is 21.2. The van der Waals surface area contributed by atoms with Gasteiger partial charge < -0.3 is 14.9 Å². The molecule has 0 aromatic heterocycles. The summed E-state index contributed by atoms with van der Waals surface area (Å²) in [5.74, 6) is -1.49. The van der Waals surface area contributed by atoms with Gasteiger partial charge in [-0.25, -0.2) is 4.90 Å². The van der Waals surface area contributed by atoms with E-state index in [1.807, 2.05) is 78.9 Å². The van der Waals surface area contributed by atoms with Crippen LogP contribution < -0.4 is 19.6 Å². The number of hydrogen-bond acceptors (Lipinski definition) is 6. The number of hydrogen-bond donors (Lipinski definition) is 1. The number of rotatable bonds is 6. The van der Waals surface area contributed by atoms with E-state index in [4.69, 9.17) is 0 Å². The number of carbonyl (C=O) groups is 3. The Hall–Kier alpha value is -9.37. The molecule has 0 aliphatic carbocycles. The summed E-state index contributed by atoms with van der Waals surface area (Å²) in [6.07, 6.45) is -1.48. The number of imide groups is 1. The molecular weight excluding hydrogens is 937 g/mol. The van der Waals surface area contributed by atoms with Gasteiger partial charge in [0, 0.05) is 55.4 Å². The molecule has 0 saturated carbocycles. The molecule has 4 aliphatic rings. The molecule has 14 rings (SSSR count). The van der Waals surface area contributed by atoms with Crippen molar-refractivity contribution in [2.24, 2.45) is 0 Å². The van der Waals surface area contributed by atoms with Crippen molar-refractivity contribution in [3.05, 3.63) is 263 Å². The summed E-state index contributed by atoms with van der Waals surface area (Å²) in [5, 5.41) is 13.6. The molecule has 0 bridgehead atoms. The minimum absolute atomic E-state index is 0.233. The van der Waals surface area contributed by atoms with Crippen LogP contribution >= 0.6 is 0 Å². The van der Waals surface area contributed by atoms with Crippen LogP contribution in [0, 0.1) is 0 Å². The van der Waals surface area contributed by atoms with Crippen LogP contribution in [0.25, 0.3) is 33.0 Å². The van der Waals surface area contributed by atoms with E-state index >= 15 is 14.4 Å². The lowest BCUT2D eigenvalue weighted by atomic mass is 9.73. The topological polar surface area (TPSA) is 84.4 Å². The number of aliphatic hydroxyl groups excluding tert-OH is 1. The normalized spacial score (nSPS) is 16.5. The Morgan fingerprint density at radius 1 is 0.355 bits per heavy atom. The third kappa shape index (κ3) is 6.37. The third-order valence-electron chi connectivity index (χ3n) is 16.4. The molecule has 0 fully saturated rings. The molecule has 0 radical (unpaired) electrons. The number of aliphatic hydroxyl groups is 1. The molecule has 76 heavy (non-hydrogen) atoms. The number of para-hydroxylation sites is 6. The highest BCUT2D eigenvalue weighted by molar-refractivity contribution is 6.40. The van der Waals surface area contributed by atoms with E-state index in [2.05, 4.69) is 159 Å². The van der Waals surface area contributed by atoms with Crippen molar-refractivity contribution in [3.8, 4) is 22.3 Å². The fourth-order valence-electron chi connectivity index (χ4n) is 12.8. The highest BCUT2D eigenvalue weighted by Gasteiger charge is 2.45. The van der Waals surface area contributed by atoms with Gasteiger partial charge in [0.2, 0.25) is 0 Å². The van der Waals surface area contributed by atoms with Crippen molar-refractivity contribution in [2.45, 2.75) is 44.8 Å². The molecule has 366 valence electrons. The number of nitrogens with zero attached hydrogens (tertiary/aromatic N) is 4. The van der Waals surface area contributed by atoms with Crippen LogP contribution in [0.5, 0.6) is 0 Å². The average molecular weight is 987 g/mol. The first-order chi connectivity index (χ1) is 36.9. The number of carbonyl (C=O) groups excluding carboxylic acids is 3. The highest BCUT2D eigenvalue weighted by atomic mass is 16.3. The molecule has 4 aliphatic heterocycles. The van der Waals surface area contributed by atoms with E-state index in [9.17, 15) is 5.11 Å². The first-order valence-electron chi connectivity index (χ1n) is 25.8.